The van der Waals surface area contributed by atoms with Crippen LogP contribution >= 0.6 is 11.3 Å². The number of anilines is 1. The maximum absolute atomic E-state index is 12.7. The predicted octanol–water partition coefficient (Wildman–Crippen LogP) is 2.27. The molecule has 1 aromatic heterocycles. The Morgan fingerprint density at radius 1 is 1.17 bits per heavy atom. The number of nitrogens with zero attached hydrogens (tertiary/aromatic N) is 3. The monoisotopic (exact) mass is 327 g/mol. The van der Waals surface area contributed by atoms with E-state index in [2.05, 4.69) is 9.88 Å². The fourth-order valence-corrected chi connectivity index (χ4v) is 3.61. The van der Waals surface area contributed by atoms with Crippen molar-refractivity contribution in [3.8, 4) is 5.75 Å². The van der Waals surface area contributed by atoms with Crippen molar-refractivity contribution < 1.29 is 9.53 Å². The van der Waals surface area contributed by atoms with Crippen LogP contribution in [0.2, 0.25) is 0 Å². The summed E-state index contributed by atoms with van der Waals surface area (Å²) in [6.45, 7) is 3.44. The molecule has 0 saturated carbocycles. The molecule has 0 unspecified atom stereocenters. The molecular formula is C17H17N3O2S. The largest absolute Gasteiger partial charge is 0.488 e. The number of ether oxygens (including phenoxy) is 1. The third kappa shape index (κ3) is 2.82. The number of piperazine rings is 1. The highest BCUT2D eigenvalue weighted by atomic mass is 32.1. The standard InChI is InChI=1S/C17H17N3O2S/c21-16(14-11-13-3-1-2-4-15(13)22-12-14)19-6-8-20(9-7-19)17-18-5-10-23-17/h1-5,10-11H,6-9,12H2. The highest BCUT2D eigenvalue weighted by Crippen LogP contribution is 2.27. The summed E-state index contributed by atoms with van der Waals surface area (Å²) < 4.78 is 5.69. The lowest BCUT2D eigenvalue weighted by Crippen LogP contribution is -2.49. The minimum atomic E-state index is 0.0818. The number of hydrogen-bond acceptors (Lipinski definition) is 5. The molecule has 0 atom stereocenters. The Labute approximate surface area is 138 Å². The number of thiazole rings is 1. The molecule has 0 N–H and O–H groups in total. The predicted molar refractivity (Wildman–Crippen MR) is 90.8 cm³/mol. The van der Waals surface area contributed by atoms with Gasteiger partial charge in [0.15, 0.2) is 5.13 Å². The van der Waals surface area contributed by atoms with Crippen molar-refractivity contribution in [1.82, 2.24) is 9.88 Å². The zero-order chi connectivity index (χ0) is 15.6. The summed E-state index contributed by atoms with van der Waals surface area (Å²) in [7, 11) is 0. The van der Waals surface area contributed by atoms with E-state index in [-0.39, 0.29) is 5.91 Å². The fourth-order valence-electron chi connectivity index (χ4n) is 2.92. The summed E-state index contributed by atoms with van der Waals surface area (Å²) in [6, 6.07) is 7.80. The molecule has 3 heterocycles. The summed E-state index contributed by atoms with van der Waals surface area (Å²) >= 11 is 1.64. The summed E-state index contributed by atoms with van der Waals surface area (Å²) in [6.07, 6.45) is 3.77. The lowest BCUT2D eigenvalue weighted by atomic mass is 10.1. The molecule has 23 heavy (non-hydrogen) atoms. The van der Waals surface area contributed by atoms with E-state index in [0.29, 0.717) is 6.61 Å². The molecular weight excluding hydrogens is 310 g/mol. The van der Waals surface area contributed by atoms with Crippen LogP contribution in [0.4, 0.5) is 5.13 Å². The first-order valence-corrected chi connectivity index (χ1v) is 8.55. The van der Waals surface area contributed by atoms with E-state index in [1.54, 1.807) is 11.3 Å². The van der Waals surface area contributed by atoms with Gasteiger partial charge < -0.3 is 14.5 Å². The number of hydrogen-bond donors (Lipinski definition) is 0. The lowest BCUT2D eigenvalue weighted by Gasteiger charge is -2.35. The van der Waals surface area contributed by atoms with Crippen molar-refractivity contribution in [3.05, 3.63) is 47.0 Å². The van der Waals surface area contributed by atoms with Crippen LogP contribution in [0.15, 0.2) is 41.4 Å². The van der Waals surface area contributed by atoms with Gasteiger partial charge >= 0.3 is 0 Å². The topological polar surface area (TPSA) is 45.7 Å². The van der Waals surface area contributed by atoms with E-state index in [4.69, 9.17) is 4.74 Å². The average molecular weight is 327 g/mol. The normalized spacial score (nSPS) is 17.3. The lowest BCUT2D eigenvalue weighted by molar-refractivity contribution is -0.127. The van der Waals surface area contributed by atoms with E-state index in [1.165, 1.54) is 0 Å². The molecule has 1 aromatic carbocycles. The Kier molecular flexibility index (Phi) is 3.75. The second-order valence-corrected chi connectivity index (χ2v) is 6.46. The van der Waals surface area contributed by atoms with Gasteiger partial charge in [0.25, 0.3) is 5.91 Å². The molecule has 0 bridgehead atoms. The first-order chi connectivity index (χ1) is 11.3. The van der Waals surface area contributed by atoms with Crippen molar-refractivity contribution in [2.75, 3.05) is 37.7 Å². The number of rotatable bonds is 2. The van der Waals surface area contributed by atoms with Gasteiger partial charge in [0.1, 0.15) is 12.4 Å². The van der Waals surface area contributed by atoms with Gasteiger partial charge in [-0.2, -0.15) is 0 Å². The minimum Gasteiger partial charge on any atom is -0.488 e. The number of benzene rings is 1. The van der Waals surface area contributed by atoms with Crippen LogP contribution < -0.4 is 9.64 Å². The van der Waals surface area contributed by atoms with Crippen LogP contribution in [-0.2, 0) is 4.79 Å². The molecule has 5 nitrogen and oxygen atoms in total. The van der Waals surface area contributed by atoms with Crippen molar-refractivity contribution in [2.45, 2.75) is 0 Å². The SMILES string of the molecule is O=C(C1=Cc2ccccc2OC1)N1CCN(c2nccs2)CC1. The molecule has 1 amide bonds. The van der Waals surface area contributed by atoms with Gasteiger partial charge in [0, 0.05) is 43.3 Å². The van der Waals surface area contributed by atoms with Gasteiger partial charge in [-0.15, -0.1) is 11.3 Å². The smallest absolute Gasteiger partial charge is 0.253 e. The van der Waals surface area contributed by atoms with Crippen LogP contribution in [0.5, 0.6) is 5.75 Å². The second-order valence-electron chi connectivity index (χ2n) is 5.59. The molecule has 6 heteroatoms. The number of carbonyl (C=O) groups is 1. The molecule has 0 spiro atoms. The number of amides is 1. The molecule has 4 rings (SSSR count). The first kappa shape index (κ1) is 14.3. The van der Waals surface area contributed by atoms with Gasteiger partial charge in [0.2, 0.25) is 0 Å². The van der Waals surface area contributed by atoms with E-state index in [1.807, 2.05) is 46.8 Å². The molecule has 2 aliphatic heterocycles. The van der Waals surface area contributed by atoms with Crippen LogP contribution in [0, 0.1) is 0 Å². The second kappa shape index (κ2) is 6.04. The third-order valence-corrected chi connectivity index (χ3v) is 5.00. The average Bonchev–Trinajstić information content (AvgIpc) is 3.15. The molecule has 118 valence electrons. The molecule has 0 radical (unpaired) electrons. The van der Waals surface area contributed by atoms with Gasteiger partial charge in [-0.1, -0.05) is 18.2 Å². The maximum atomic E-state index is 12.7. The quantitative estimate of drug-likeness (QED) is 0.849. The number of carbonyl (C=O) groups excluding carboxylic acids is 1. The van der Waals surface area contributed by atoms with Crippen molar-refractivity contribution in [2.24, 2.45) is 0 Å². The van der Waals surface area contributed by atoms with E-state index in [0.717, 1.165) is 48.2 Å². The summed E-state index contributed by atoms with van der Waals surface area (Å²) in [5, 5.41) is 3.01. The Hall–Kier alpha value is -2.34. The summed E-state index contributed by atoms with van der Waals surface area (Å²) in [5.41, 5.74) is 1.70. The Morgan fingerprint density at radius 3 is 2.78 bits per heavy atom. The Balaban J connectivity index is 1.44. The van der Waals surface area contributed by atoms with Crippen molar-refractivity contribution in [1.29, 1.82) is 0 Å². The number of fused-ring (bicyclic) bond motifs is 1. The van der Waals surface area contributed by atoms with Gasteiger partial charge in [0.05, 0.1) is 5.57 Å². The van der Waals surface area contributed by atoms with Crippen LogP contribution in [-0.4, -0.2) is 48.6 Å². The van der Waals surface area contributed by atoms with Gasteiger partial charge in [-0.3, -0.25) is 4.79 Å². The molecule has 2 aromatic rings. The summed E-state index contributed by atoms with van der Waals surface area (Å²) in [5.74, 6) is 0.927. The first-order valence-electron chi connectivity index (χ1n) is 7.67. The molecule has 1 fully saturated rings. The minimum absolute atomic E-state index is 0.0818. The van der Waals surface area contributed by atoms with Gasteiger partial charge in [-0.25, -0.2) is 4.98 Å². The maximum Gasteiger partial charge on any atom is 0.253 e. The zero-order valence-corrected chi connectivity index (χ0v) is 13.5. The molecule has 2 aliphatic rings. The van der Waals surface area contributed by atoms with E-state index >= 15 is 0 Å². The van der Waals surface area contributed by atoms with Crippen LogP contribution in [0.25, 0.3) is 6.08 Å². The Bertz CT molecular complexity index is 734. The van der Waals surface area contributed by atoms with Crippen LogP contribution in [0.3, 0.4) is 0 Å². The van der Waals surface area contributed by atoms with E-state index in [9.17, 15) is 4.79 Å². The highest BCUT2D eigenvalue weighted by Gasteiger charge is 2.26. The van der Waals surface area contributed by atoms with Gasteiger partial charge in [-0.05, 0) is 12.1 Å². The Morgan fingerprint density at radius 2 is 2.00 bits per heavy atom. The summed E-state index contributed by atoms with van der Waals surface area (Å²) in [4.78, 5) is 21.2. The van der Waals surface area contributed by atoms with Crippen molar-refractivity contribution >= 4 is 28.5 Å². The third-order valence-electron chi connectivity index (χ3n) is 4.16. The fraction of sp³-hybridized carbons (Fsp3) is 0.294. The van der Waals surface area contributed by atoms with Crippen molar-refractivity contribution in [3.63, 3.8) is 0 Å². The zero-order valence-electron chi connectivity index (χ0n) is 12.6. The number of para-hydroxylation sites is 1. The van der Waals surface area contributed by atoms with Crippen LogP contribution in [0.1, 0.15) is 5.56 Å². The molecule has 1 saturated heterocycles. The molecule has 0 aliphatic carbocycles. The van der Waals surface area contributed by atoms with E-state index < -0.39 is 0 Å². The number of aromatic nitrogens is 1. The highest BCUT2D eigenvalue weighted by molar-refractivity contribution is 7.13.